The number of hydrogen-bond donors (Lipinski definition) is 0. The predicted octanol–water partition coefficient (Wildman–Crippen LogP) is 35.8. The van der Waals surface area contributed by atoms with Gasteiger partial charge in [-0.25, -0.2) is 0 Å². The predicted molar refractivity (Wildman–Crippen MR) is 573 cm³/mol. The summed E-state index contributed by atoms with van der Waals surface area (Å²) in [4.78, 5) is 4.87. The van der Waals surface area contributed by atoms with Crippen molar-refractivity contribution in [3.63, 3.8) is 0 Å². The fourth-order valence-corrected chi connectivity index (χ4v) is 21.8. The molecule has 2 atom stereocenters. The molecule has 0 aromatic heterocycles. The minimum Gasteiger partial charge on any atom is -0.489 e. The molecule has 18 aromatic rings. The molecule has 137 heavy (non-hydrogen) atoms. The van der Waals surface area contributed by atoms with Crippen molar-refractivity contribution < 1.29 is 14.2 Å². The SMILES string of the molecule is C=Cc1ccc(COc2ccc(C(C)CC(CC)c3ccc(COCc4ccc(Oc5ccc(C6(c7ccc(CCCCCC)cc7)c7cc(-c8ccc(N(c9ccc(-c%10ccccc%10)cc9)c9ccc%10c(c9)C(C)(C)c9ccccc9-%10)cc8)ccc7-c7ccc(-c8ccc(N(c9ccc(-c%10ccccc%10)cc9)c9ccc%10c(c9)C(C)(C)c9ccccc9-%10)cc8)cc76)cc5)cc4)cc3)cc2)cc1. The Balaban J connectivity index is 0.603. The highest BCUT2D eigenvalue weighted by Gasteiger charge is 2.47. The quantitative estimate of drug-likeness (QED) is 0.0393. The Morgan fingerprint density at radius 3 is 1.12 bits per heavy atom. The van der Waals surface area contributed by atoms with Gasteiger partial charge in [0.05, 0.1) is 18.6 Å². The number of fused-ring (bicyclic) bond motifs is 9. The summed E-state index contributed by atoms with van der Waals surface area (Å²) in [5.74, 6) is 3.23. The topological polar surface area (TPSA) is 34.2 Å². The maximum absolute atomic E-state index is 6.89. The van der Waals surface area contributed by atoms with Gasteiger partial charge < -0.3 is 24.0 Å². The Morgan fingerprint density at radius 1 is 0.299 bits per heavy atom. The number of nitrogens with zero attached hydrogens (tertiary/aromatic N) is 2. The second-order valence-electron chi connectivity index (χ2n) is 38.7. The lowest BCUT2D eigenvalue weighted by Crippen LogP contribution is -2.28. The van der Waals surface area contributed by atoms with Crippen LogP contribution in [0.2, 0.25) is 0 Å². The van der Waals surface area contributed by atoms with Crippen LogP contribution >= 0.6 is 0 Å². The summed E-state index contributed by atoms with van der Waals surface area (Å²) >= 11 is 0. The number of rotatable bonds is 32. The van der Waals surface area contributed by atoms with Crippen LogP contribution < -0.4 is 19.3 Å². The molecular weight excluding hydrogens is 1660 g/mol. The molecule has 0 heterocycles. The summed E-state index contributed by atoms with van der Waals surface area (Å²) in [6, 6.07) is 158. The number of unbranched alkanes of at least 4 members (excludes halogenated alkanes) is 3. The zero-order valence-corrected chi connectivity index (χ0v) is 79.5. The molecule has 672 valence electrons. The molecule has 5 nitrogen and oxygen atoms in total. The lowest BCUT2D eigenvalue weighted by Gasteiger charge is -2.34. The smallest absolute Gasteiger partial charge is 0.127 e. The van der Waals surface area contributed by atoms with Gasteiger partial charge in [-0.15, -0.1) is 0 Å². The first-order valence-corrected chi connectivity index (χ1v) is 49.1. The third kappa shape index (κ3) is 17.6. The van der Waals surface area contributed by atoms with Crippen molar-refractivity contribution in [2.45, 2.75) is 141 Å². The molecule has 0 fully saturated rings. The van der Waals surface area contributed by atoms with Gasteiger partial charge in [0.1, 0.15) is 23.9 Å². The number of anilines is 6. The monoisotopic (exact) mass is 1780 g/mol. The summed E-state index contributed by atoms with van der Waals surface area (Å²) in [6.07, 6.45) is 9.83. The molecule has 0 N–H and O–H groups in total. The molecule has 0 aliphatic heterocycles. The van der Waals surface area contributed by atoms with E-state index >= 15 is 0 Å². The molecule has 18 aromatic carbocycles. The molecule has 5 heteroatoms. The lowest BCUT2D eigenvalue weighted by atomic mass is 9.67. The molecule has 0 saturated carbocycles. The fraction of sp³-hybridized carbons (Fsp3) is 0.167. The molecule has 0 bridgehead atoms. The highest BCUT2D eigenvalue weighted by Crippen LogP contribution is 2.60. The van der Waals surface area contributed by atoms with Gasteiger partial charge in [-0.2, -0.15) is 0 Å². The zero-order valence-electron chi connectivity index (χ0n) is 79.5. The minimum atomic E-state index is -0.796. The van der Waals surface area contributed by atoms with Crippen LogP contribution in [-0.4, -0.2) is 0 Å². The minimum absolute atomic E-state index is 0.178. The number of aryl methyl sites for hydroxylation is 1. The van der Waals surface area contributed by atoms with Crippen LogP contribution in [0.1, 0.15) is 182 Å². The average Bonchev–Trinajstić information content (AvgIpc) is 1.52. The second-order valence-corrected chi connectivity index (χ2v) is 38.7. The molecule has 3 aliphatic rings. The van der Waals surface area contributed by atoms with Gasteiger partial charge in [0.2, 0.25) is 0 Å². The first kappa shape index (κ1) is 88.5. The van der Waals surface area contributed by atoms with Gasteiger partial charge in [-0.05, 0) is 320 Å². The molecule has 0 spiro atoms. The number of hydrogen-bond acceptors (Lipinski definition) is 5. The van der Waals surface area contributed by atoms with E-state index in [-0.39, 0.29) is 10.8 Å². The summed E-state index contributed by atoms with van der Waals surface area (Å²) < 4.78 is 19.5. The van der Waals surface area contributed by atoms with Crippen molar-refractivity contribution >= 4 is 40.2 Å². The second kappa shape index (κ2) is 38.3. The molecule has 21 rings (SSSR count). The van der Waals surface area contributed by atoms with E-state index in [1.165, 1.54) is 131 Å². The molecule has 2 unspecified atom stereocenters. The first-order valence-electron chi connectivity index (χ1n) is 49.1. The van der Waals surface area contributed by atoms with E-state index in [2.05, 4.69) is 489 Å². The van der Waals surface area contributed by atoms with Gasteiger partial charge in [0.25, 0.3) is 0 Å². The van der Waals surface area contributed by atoms with Gasteiger partial charge >= 0.3 is 0 Å². The maximum Gasteiger partial charge on any atom is 0.127 e. The fourth-order valence-electron chi connectivity index (χ4n) is 21.8. The van der Waals surface area contributed by atoms with Crippen LogP contribution in [0.4, 0.5) is 34.1 Å². The van der Waals surface area contributed by atoms with Crippen LogP contribution in [0.15, 0.2) is 431 Å². The van der Waals surface area contributed by atoms with Gasteiger partial charge in [-0.1, -0.05) is 384 Å². The maximum atomic E-state index is 6.89. The largest absolute Gasteiger partial charge is 0.489 e. The Labute approximate surface area is 809 Å². The molecular formula is C132H116N2O3. The summed E-state index contributed by atoms with van der Waals surface area (Å²) in [5, 5.41) is 0. The molecule has 0 amide bonds. The highest BCUT2D eigenvalue weighted by molar-refractivity contribution is 5.93. The standard InChI is InChI=1S/C132H116N2O3/c1-9-12-13-16-25-92-40-58-107(59-41-92)132(108-60-76-117(77-61-108)137-116-72-42-94(43-73-116)88-135-87-93-38-44-100(45-39-93)96(11-3)82-90(4)97-54-74-115(75-55-97)136-89-95-36-34-91(10-2)35-37-95)128-83-105(103-50-66-111(67-51-103)133(109-62-46-101(47-63-109)98-26-17-14-18-27-98)113-70-80-120-118-30-21-23-32-124(118)130(5,6)126(120)85-113)56-78-122(128)123-79-57-106(84-129(123)132)104-52-68-112(69-53-104)134(110-64-48-102(49-65-110)99-28-19-15-20-29-99)114-71-81-121-119-31-22-24-33-125(119)131(7,8)127(121)86-114/h10,14-15,17-24,26-81,83-86,90,96H,2,9,11-13,16,25,82,87-89H2,1,3-8H3. The summed E-state index contributed by atoms with van der Waals surface area (Å²) in [6.45, 7) is 21.8. The Morgan fingerprint density at radius 2 is 0.657 bits per heavy atom. The summed E-state index contributed by atoms with van der Waals surface area (Å²) in [7, 11) is 0. The third-order valence-electron chi connectivity index (χ3n) is 29.5. The van der Waals surface area contributed by atoms with E-state index < -0.39 is 5.41 Å². The molecule has 0 radical (unpaired) electrons. The van der Waals surface area contributed by atoms with Crippen LogP contribution in [-0.2, 0) is 47.2 Å². The van der Waals surface area contributed by atoms with Crippen LogP contribution in [0, 0.1) is 0 Å². The highest BCUT2D eigenvalue weighted by atomic mass is 16.5. The van der Waals surface area contributed by atoms with Crippen LogP contribution in [0.25, 0.3) is 84.0 Å². The van der Waals surface area contributed by atoms with E-state index in [1.807, 2.05) is 6.08 Å². The van der Waals surface area contributed by atoms with Crippen molar-refractivity contribution in [3.05, 3.63) is 515 Å². The number of benzene rings is 18. The summed E-state index contributed by atoms with van der Waals surface area (Å²) in [5.41, 5.74) is 41.1. The third-order valence-corrected chi connectivity index (χ3v) is 29.5. The number of ether oxygens (including phenoxy) is 3. The van der Waals surface area contributed by atoms with E-state index in [0.717, 1.165) is 127 Å². The van der Waals surface area contributed by atoms with Crippen molar-refractivity contribution in [2.75, 3.05) is 9.80 Å². The Bertz CT molecular complexity index is 7040. The average molecular weight is 1780 g/mol. The van der Waals surface area contributed by atoms with Gasteiger partial charge in [0.15, 0.2) is 0 Å². The normalized spacial score (nSPS) is 13.5. The van der Waals surface area contributed by atoms with Crippen LogP contribution in [0.3, 0.4) is 0 Å². The molecule has 3 aliphatic carbocycles. The van der Waals surface area contributed by atoms with Crippen LogP contribution in [0.5, 0.6) is 17.2 Å². The molecule has 0 saturated heterocycles. The van der Waals surface area contributed by atoms with Crippen molar-refractivity contribution in [1.82, 2.24) is 0 Å². The van der Waals surface area contributed by atoms with E-state index in [0.29, 0.717) is 31.7 Å². The van der Waals surface area contributed by atoms with E-state index in [4.69, 9.17) is 14.2 Å². The van der Waals surface area contributed by atoms with Crippen molar-refractivity contribution in [2.24, 2.45) is 0 Å². The Kier molecular flexibility index (Phi) is 24.7. The van der Waals surface area contributed by atoms with Crippen molar-refractivity contribution in [1.29, 1.82) is 0 Å². The zero-order chi connectivity index (χ0) is 93.1. The lowest BCUT2D eigenvalue weighted by molar-refractivity contribution is 0.107. The van der Waals surface area contributed by atoms with Gasteiger partial charge in [-0.3, -0.25) is 0 Å². The van der Waals surface area contributed by atoms with E-state index in [1.54, 1.807) is 0 Å². The van der Waals surface area contributed by atoms with Gasteiger partial charge in [0, 0.05) is 45.0 Å². The first-order chi connectivity index (χ1) is 67.1. The Hall–Kier alpha value is -15.1. The van der Waals surface area contributed by atoms with E-state index in [9.17, 15) is 0 Å². The van der Waals surface area contributed by atoms with Crippen molar-refractivity contribution in [3.8, 4) is 95.1 Å².